The first kappa shape index (κ1) is 25.8. The van der Waals surface area contributed by atoms with Crippen molar-refractivity contribution in [2.75, 3.05) is 18.4 Å². The van der Waals surface area contributed by atoms with Crippen LogP contribution in [0.5, 0.6) is 5.75 Å². The number of amides is 3. The van der Waals surface area contributed by atoms with Gasteiger partial charge in [-0.15, -0.1) is 0 Å². The number of carbonyl (C=O) groups excluding carboxylic acids is 2. The molecule has 1 unspecified atom stereocenters. The van der Waals surface area contributed by atoms with Crippen LogP contribution in [-0.4, -0.2) is 62.0 Å². The van der Waals surface area contributed by atoms with Gasteiger partial charge in [0.1, 0.15) is 17.7 Å². The third kappa shape index (κ3) is 4.87. The van der Waals surface area contributed by atoms with E-state index in [2.05, 4.69) is 20.5 Å². The first-order valence-corrected chi connectivity index (χ1v) is 12.9. The van der Waals surface area contributed by atoms with Crippen LogP contribution in [0.1, 0.15) is 42.3 Å². The lowest BCUT2D eigenvalue weighted by Gasteiger charge is -2.41. The summed E-state index contributed by atoms with van der Waals surface area (Å²) in [5.41, 5.74) is 2.16. The molecule has 1 atom stereocenters. The number of nitrogens with zero attached hydrogens (tertiary/aromatic N) is 6. The van der Waals surface area contributed by atoms with Gasteiger partial charge in [0.15, 0.2) is 17.4 Å². The van der Waals surface area contributed by atoms with E-state index >= 15 is 0 Å². The van der Waals surface area contributed by atoms with Gasteiger partial charge in [-0.05, 0) is 44.4 Å². The number of halogens is 3. The molecule has 4 heterocycles. The highest BCUT2D eigenvalue weighted by Crippen LogP contribution is 2.33. The Hall–Kier alpha value is -4.42. The molecule has 0 spiro atoms. The van der Waals surface area contributed by atoms with E-state index in [1.807, 2.05) is 0 Å². The van der Waals surface area contributed by atoms with E-state index in [0.717, 1.165) is 25.1 Å². The number of ether oxygens (including phenoxy) is 1. The first-order valence-electron chi connectivity index (χ1n) is 12.9. The monoisotopic (exact) mass is 553 g/mol. The van der Waals surface area contributed by atoms with Gasteiger partial charge in [0.05, 0.1) is 42.4 Å². The number of pyridine rings is 1. The fourth-order valence-corrected chi connectivity index (χ4v) is 4.87. The predicted molar refractivity (Wildman–Crippen MR) is 138 cm³/mol. The van der Waals surface area contributed by atoms with E-state index in [1.165, 1.54) is 39.0 Å². The Morgan fingerprint density at radius 2 is 1.77 bits per heavy atom. The summed E-state index contributed by atoms with van der Waals surface area (Å²) >= 11 is 0. The molecule has 1 saturated heterocycles. The Morgan fingerprint density at radius 1 is 1.05 bits per heavy atom. The molecule has 2 fully saturated rings. The van der Waals surface area contributed by atoms with Crippen LogP contribution >= 0.6 is 0 Å². The molecule has 3 aromatic rings. The number of urea groups is 1. The predicted octanol–water partition coefficient (Wildman–Crippen LogP) is 4.27. The third-order valence-corrected chi connectivity index (χ3v) is 7.22. The molecular formula is C27H26F3N7O3. The van der Waals surface area contributed by atoms with Gasteiger partial charge in [0.25, 0.3) is 0 Å². The van der Waals surface area contributed by atoms with E-state index < -0.39 is 35.6 Å². The Morgan fingerprint density at radius 3 is 2.48 bits per heavy atom. The molecule has 10 nitrogen and oxygen atoms in total. The molecule has 1 aliphatic carbocycles. The second kappa shape index (κ2) is 9.96. The Balaban J connectivity index is 1.11. The quantitative estimate of drug-likeness (QED) is 0.491. The van der Waals surface area contributed by atoms with E-state index in [1.54, 1.807) is 13.8 Å². The first-order chi connectivity index (χ1) is 19.2. The highest BCUT2D eigenvalue weighted by Gasteiger charge is 2.39. The zero-order valence-corrected chi connectivity index (χ0v) is 21.8. The molecule has 3 amide bonds. The van der Waals surface area contributed by atoms with E-state index in [0.29, 0.717) is 34.9 Å². The van der Waals surface area contributed by atoms with Gasteiger partial charge in [-0.2, -0.15) is 10.2 Å². The molecule has 1 N–H and O–H groups in total. The van der Waals surface area contributed by atoms with Crippen molar-refractivity contribution in [3.05, 3.63) is 64.9 Å². The minimum absolute atomic E-state index is 0.0347. The topological polar surface area (TPSA) is 105 Å². The second-order valence-electron chi connectivity index (χ2n) is 10.2. The minimum atomic E-state index is -0.731. The summed E-state index contributed by atoms with van der Waals surface area (Å²) in [5.74, 6) is -1.88. The summed E-state index contributed by atoms with van der Waals surface area (Å²) in [6.45, 7) is 3.90. The SMILES string of the molecule is Cc1nn(-c2cc(OC3CN(C(=O)N4N=CCC4c4cc(F)cc(F)c4)C3)c(F)cn2)c(C)c1NC(=O)C1CC1. The maximum absolute atomic E-state index is 14.6. The van der Waals surface area contributed by atoms with Crippen molar-refractivity contribution in [1.82, 2.24) is 24.7 Å². The molecule has 13 heteroatoms. The van der Waals surface area contributed by atoms with E-state index in [9.17, 15) is 22.8 Å². The van der Waals surface area contributed by atoms with Crippen molar-refractivity contribution in [3.8, 4) is 11.6 Å². The maximum Gasteiger partial charge on any atom is 0.341 e. The third-order valence-electron chi connectivity index (χ3n) is 7.22. The van der Waals surface area contributed by atoms with Gasteiger partial charge in [0, 0.05) is 30.7 Å². The van der Waals surface area contributed by atoms with Gasteiger partial charge < -0.3 is 15.0 Å². The fraction of sp³-hybridized carbons (Fsp3) is 0.370. The van der Waals surface area contributed by atoms with Gasteiger partial charge >= 0.3 is 6.03 Å². The summed E-state index contributed by atoms with van der Waals surface area (Å²) in [6.07, 6.45) is 4.15. The van der Waals surface area contributed by atoms with Crippen molar-refractivity contribution in [2.45, 2.75) is 45.3 Å². The maximum atomic E-state index is 14.6. The molecule has 0 radical (unpaired) electrons. The van der Waals surface area contributed by atoms with Gasteiger partial charge in [0.2, 0.25) is 5.91 Å². The standard InChI is InChI=1S/C27H26F3N7O3/c1-14-25(33-26(38)16-3-4-16)15(2)36(34-14)24-10-23(21(30)11-31-24)40-20-12-35(13-20)27(39)37-22(5-6-32-37)17-7-18(28)9-19(29)8-17/h6-11,16,20,22H,3-5,12-13H2,1-2H3,(H,33,38). The molecular weight excluding hydrogens is 527 g/mol. The molecule has 0 bridgehead atoms. The van der Waals surface area contributed by atoms with Crippen LogP contribution < -0.4 is 10.1 Å². The fourth-order valence-electron chi connectivity index (χ4n) is 4.87. The molecule has 208 valence electrons. The molecule has 2 aromatic heterocycles. The molecule has 1 saturated carbocycles. The highest BCUT2D eigenvalue weighted by molar-refractivity contribution is 5.95. The zero-order chi connectivity index (χ0) is 28.1. The summed E-state index contributed by atoms with van der Waals surface area (Å²) in [6, 6.07) is 3.49. The number of hydrogen-bond donors (Lipinski definition) is 1. The number of likely N-dealkylation sites (tertiary alicyclic amines) is 1. The summed E-state index contributed by atoms with van der Waals surface area (Å²) in [5, 5.41) is 12.7. The van der Waals surface area contributed by atoms with Crippen LogP contribution in [0.2, 0.25) is 0 Å². The van der Waals surface area contributed by atoms with Crippen LogP contribution in [0.15, 0.2) is 35.6 Å². The number of anilines is 1. The van der Waals surface area contributed by atoms with Gasteiger partial charge in [-0.1, -0.05) is 0 Å². The Bertz CT molecular complexity index is 1510. The lowest BCUT2D eigenvalue weighted by atomic mass is 10.0. The molecule has 2 aliphatic heterocycles. The van der Waals surface area contributed by atoms with Crippen LogP contribution in [0, 0.1) is 37.2 Å². The zero-order valence-electron chi connectivity index (χ0n) is 21.8. The number of benzene rings is 1. The normalized spacial score (nSPS) is 18.7. The van der Waals surface area contributed by atoms with E-state index in [4.69, 9.17) is 4.74 Å². The Kier molecular flexibility index (Phi) is 6.43. The summed E-state index contributed by atoms with van der Waals surface area (Å²) in [7, 11) is 0. The largest absolute Gasteiger partial charge is 0.483 e. The van der Waals surface area contributed by atoms with Crippen molar-refractivity contribution in [2.24, 2.45) is 11.0 Å². The molecule has 1 aromatic carbocycles. The van der Waals surface area contributed by atoms with Crippen molar-refractivity contribution >= 4 is 23.8 Å². The lowest BCUT2D eigenvalue weighted by molar-refractivity contribution is -0.117. The second-order valence-corrected chi connectivity index (χ2v) is 10.2. The molecule has 3 aliphatic rings. The summed E-state index contributed by atoms with van der Waals surface area (Å²) < 4.78 is 49.4. The van der Waals surface area contributed by atoms with Crippen molar-refractivity contribution in [3.63, 3.8) is 0 Å². The highest BCUT2D eigenvalue weighted by atomic mass is 19.1. The van der Waals surface area contributed by atoms with Crippen LogP contribution in [0.25, 0.3) is 5.82 Å². The van der Waals surface area contributed by atoms with Crippen molar-refractivity contribution in [1.29, 1.82) is 0 Å². The smallest absolute Gasteiger partial charge is 0.341 e. The van der Waals surface area contributed by atoms with Gasteiger partial charge in [-0.25, -0.2) is 32.6 Å². The van der Waals surface area contributed by atoms with Crippen molar-refractivity contribution < 1.29 is 27.5 Å². The van der Waals surface area contributed by atoms with Gasteiger partial charge in [-0.3, -0.25) is 4.79 Å². The number of aromatic nitrogens is 3. The lowest BCUT2D eigenvalue weighted by Crippen LogP contribution is -2.58. The number of nitrogens with one attached hydrogen (secondary N) is 1. The number of hydrazone groups is 1. The molecule has 40 heavy (non-hydrogen) atoms. The Labute approximate surface area is 227 Å². The number of aryl methyl sites for hydroxylation is 1. The van der Waals surface area contributed by atoms with Crippen LogP contribution in [0.4, 0.5) is 23.7 Å². The minimum Gasteiger partial charge on any atom is -0.483 e. The van der Waals surface area contributed by atoms with Crippen LogP contribution in [-0.2, 0) is 4.79 Å². The average Bonchev–Trinajstić information content (AvgIpc) is 3.56. The number of carbonyl (C=O) groups is 2. The summed E-state index contributed by atoms with van der Waals surface area (Å²) in [4.78, 5) is 30.9. The average molecular weight is 554 g/mol. The van der Waals surface area contributed by atoms with Crippen LogP contribution in [0.3, 0.4) is 0 Å². The number of hydrogen-bond acceptors (Lipinski definition) is 6. The number of rotatable bonds is 6. The molecule has 6 rings (SSSR count). The van der Waals surface area contributed by atoms with E-state index in [-0.39, 0.29) is 30.7 Å².